The van der Waals surface area contributed by atoms with Gasteiger partial charge in [-0.3, -0.25) is 9.79 Å². The van der Waals surface area contributed by atoms with E-state index in [1.54, 1.807) is 0 Å². The van der Waals surface area contributed by atoms with Crippen LogP contribution in [0, 0.1) is 0 Å². The molecule has 0 spiro atoms. The summed E-state index contributed by atoms with van der Waals surface area (Å²) in [6.45, 7) is 6.93. The molecule has 3 N–H and O–H groups in total. The summed E-state index contributed by atoms with van der Waals surface area (Å²) in [5.74, 6) is 1.79. The van der Waals surface area contributed by atoms with Crippen LogP contribution in [-0.4, -0.2) is 43.8 Å². The van der Waals surface area contributed by atoms with Crippen molar-refractivity contribution in [2.75, 3.05) is 31.9 Å². The number of aliphatic imine (C=N–C) groups is 1. The molecule has 0 heterocycles. The molecule has 0 fully saturated rings. The van der Waals surface area contributed by atoms with Crippen molar-refractivity contribution in [2.24, 2.45) is 4.99 Å². The molecule has 0 saturated carbocycles. The average molecular weight is 337 g/mol. The standard InChI is InChI=1S/C17H28N4OS/c1-3-11-19-16(22)10-12-20-17(18-4-2)21-13-14-23-15-8-6-5-7-9-15/h5-9H,3-4,10-14H2,1-2H3,(H,19,22)(H2,18,20,21). The molecule has 0 saturated heterocycles. The van der Waals surface area contributed by atoms with Crippen LogP contribution >= 0.6 is 11.8 Å². The third-order valence-electron chi connectivity index (χ3n) is 2.93. The maximum atomic E-state index is 11.5. The molecule has 6 heteroatoms. The van der Waals surface area contributed by atoms with Crippen LogP contribution in [0.1, 0.15) is 26.7 Å². The van der Waals surface area contributed by atoms with Gasteiger partial charge in [0.05, 0.1) is 6.54 Å². The van der Waals surface area contributed by atoms with Gasteiger partial charge in [0.25, 0.3) is 0 Å². The quantitative estimate of drug-likeness (QED) is 0.265. The molecule has 1 aromatic carbocycles. The SMILES string of the molecule is CCCNC(=O)CCN=C(NCC)NCCSc1ccccc1. The summed E-state index contributed by atoms with van der Waals surface area (Å²) in [5.41, 5.74) is 0. The minimum absolute atomic E-state index is 0.0612. The first-order valence-electron chi connectivity index (χ1n) is 8.23. The van der Waals surface area contributed by atoms with Crippen molar-refractivity contribution >= 4 is 23.6 Å². The number of hydrogen-bond donors (Lipinski definition) is 3. The summed E-state index contributed by atoms with van der Waals surface area (Å²) in [7, 11) is 0. The molecule has 0 aromatic heterocycles. The molecule has 0 aliphatic carbocycles. The zero-order valence-corrected chi connectivity index (χ0v) is 14.9. The number of amides is 1. The molecule has 128 valence electrons. The first-order valence-corrected chi connectivity index (χ1v) is 9.21. The Balaban J connectivity index is 2.25. The van der Waals surface area contributed by atoms with Crippen molar-refractivity contribution in [1.29, 1.82) is 0 Å². The van der Waals surface area contributed by atoms with Crippen LogP contribution in [0.15, 0.2) is 40.2 Å². The lowest BCUT2D eigenvalue weighted by atomic mass is 10.4. The van der Waals surface area contributed by atoms with E-state index in [2.05, 4.69) is 33.1 Å². The summed E-state index contributed by atoms with van der Waals surface area (Å²) in [6.07, 6.45) is 1.38. The van der Waals surface area contributed by atoms with Gasteiger partial charge in [-0.25, -0.2) is 0 Å². The first-order chi connectivity index (χ1) is 11.3. The van der Waals surface area contributed by atoms with Crippen LogP contribution < -0.4 is 16.0 Å². The fourth-order valence-electron chi connectivity index (χ4n) is 1.82. The molecule has 1 aromatic rings. The molecular weight excluding hydrogens is 308 g/mol. The number of rotatable bonds is 10. The predicted octanol–water partition coefficient (Wildman–Crippen LogP) is 2.25. The minimum atomic E-state index is 0.0612. The summed E-state index contributed by atoms with van der Waals surface area (Å²) < 4.78 is 0. The van der Waals surface area contributed by atoms with E-state index in [0.29, 0.717) is 13.0 Å². The molecule has 0 unspecified atom stereocenters. The van der Waals surface area contributed by atoms with Gasteiger partial charge in [0.2, 0.25) is 5.91 Å². The van der Waals surface area contributed by atoms with E-state index in [1.165, 1.54) is 4.90 Å². The Hall–Kier alpha value is -1.69. The molecule has 0 atom stereocenters. The number of thioether (sulfide) groups is 1. The van der Waals surface area contributed by atoms with Crippen LogP contribution in [0.2, 0.25) is 0 Å². The normalized spacial score (nSPS) is 11.1. The van der Waals surface area contributed by atoms with E-state index < -0.39 is 0 Å². The lowest BCUT2D eigenvalue weighted by molar-refractivity contribution is -0.120. The van der Waals surface area contributed by atoms with E-state index in [4.69, 9.17) is 0 Å². The topological polar surface area (TPSA) is 65.5 Å². The molecule has 5 nitrogen and oxygen atoms in total. The Morgan fingerprint density at radius 1 is 1.09 bits per heavy atom. The number of carbonyl (C=O) groups excluding carboxylic acids is 1. The van der Waals surface area contributed by atoms with E-state index in [1.807, 2.05) is 43.8 Å². The number of guanidine groups is 1. The first kappa shape index (κ1) is 19.4. The van der Waals surface area contributed by atoms with Crippen molar-refractivity contribution in [3.8, 4) is 0 Å². The summed E-state index contributed by atoms with van der Waals surface area (Å²) in [4.78, 5) is 17.2. The van der Waals surface area contributed by atoms with Crippen LogP contribution in [0.3, 0.4) is 0 Å². The fraction of sp³-hybridized carbons (Fsp3) is 0.529. The van der Waals surface area contributed by atoms with Crippen molar-refractivity contribution in [3.63, 3.8) is 0 Å². The Bertz CT molecular complexity index is 465. The summed E-state index contributed by atoms with van der Waals surface area (Å²) in [5, 5.41) is 9.35. The summed E-state index contributed by atoms with van der Waals surface area (Å²) >= 11 is 1.81. The predicted molar refractivity (Wildman–Crippen MR) is 99.1 cm³/mol. The molecule has 23 heavy (non-hydrogen) atoms. The van der Waals surface area contributed by atoms with Gasteiger partial charge in [0.1, 0.15) is 0 Å². The maximum Gasteiger partial charge on any atom is 0.221 e. The van der Waals surface area contributed by atoms with Crippen LogP contribution in [0.25, 0.3) is 0 Å². The Morgan fingerprint density at radius 3 is 2.57 bits per heavy atom. The number of benzene rings is 1. The number of nitrogens with one attached hydrogen (secondary N) is 3. The molecule has 1 rings (SSSR count). The third kappa shape index (κ3) is 9.84. The van der Waals surface area contributed by atoms with Crippen molar-refractivity contribution in [2.45, 2.75) is 31.6 Å². The molecule has 0 bridgehead atoms. The van der Waals surface area contributed by atoms with Gasteiger partial charge < -0.3 is 16.0 Å². The Labute approximate surface area is 143 Å². The Morgan fingerprint density at radius 2 is 1.87 bits per heavy atom. The number of carbonyl (C=O) groups is 1. The monoisotopic (exact) mass is 336 g/mol. The van der Waals surface area contributed by atoms with Crippen LogP contribution in [0.5, 0.6) is 0 Å². The van der Waals surface area contributed by atoms with Gasteiger partial charge in [-0.1, -0.05) is 25.1 Å². The van der Waals surface area contributed by atoms with Gasteiger partial charge >= 0.3 is 0 Å². The van der Waals surface area contributed by atoms with E-state index in [-0.39, 0.29) is 5.91 Å². The second-order valence-electron chi connectivity index (χ2n) is 4.95. The maximum absolute atomic E-state index is 11.5. The van der Waals surface area contributed by atoms with E-state index in [9.17, 15) is 4.79 Å². The van der Waals surface area contributed by atoms with E-state index in [0.717, 1.165) is 37.8 Å². The van der Waals surface area contributed by atoms with Gasteiger partial charge in [-0.15, -0.1) is 11.8 Å². The van der Waals surface area contributed by atoms with Crippen molar-refractivity contribution < 1.29 is 4.79 Å². The zero-order valence-electron chi connectivity index (χ0n) is 14.1. The second-order valence-corrected chi connectivity index (χ2v) is 6.12. The second kappa shape index (κ2) is 12.8. The fourth-order valence-corrected chi connectivity index (χ4v) is 2.61. The van der Waals surface area contributed by atoms with Crippen LogP contribution in [0.4, 0.5) is 0 Å². The molecule has 1 amide bonds. The largest absolute Gasteiger partial charge is 0.357 e. The minimum Gasteiger partial charge on any atom is -0.357 e. The molecule has 0 radical (unpaired) electrons. The summed E-state index contributed by atoms with van der Waals surface area (Å²) in [6, 6.07) is 10.3. The highest BCUT2D eigenvalue weighted by Crippen LogP contribution is 2.15. The third-order valence-corrected chi connectivity index (χ3v) is 3.95. The lowest BCUT2D eigenvalue weighted by Crippen LogP contribution is -2.38. The molecule has 0 aliphatic heterocycles. The van der Waals surface area contributed by atoms with E-state index >= 15 is 0 Å². The molecular formula is C17H28N4OS. The lowest BCUT2D eigenvalue weighted by Gasteiger charge is -2.11. The highest BCUT2D eigenvalue weighted by Gasteiger charge is 2.01. The van der Waals surface area contributed by atoms with Gasteiger partial charge in [0.15, 0.2) is 5.96 Å². The van der Waals surface area contributed by atoms with Gasteiger partial charge in [0, 0.05) is 36.7 Å². The number of nitrogens with zero attached hydrogens (tertiary/aromatic N) is 1. The average Bonchev–Trinajstić information content (AvgIpc) is 2.57. The van der Waals surface area contributed by atoms with Crippen molar-refractivity contribution in [3.05, 3.63) is 30.3 Å². The van der Waals surface area contributed by atoms with Gasteiger partial charge in [-0.05, 0) is 25.5 Å². The van der Waals surface area contributed by atoms with Crippen LogP contribution in [-0.2, 0) is 4.79 Å². The smallest absolute Gasteiger partial charge is 0.221 e. The zero-order chi connectivity index (χ0) is 16.8. The Kier molecular flexibility index (Phi) is 10.8. The van der Waals surface area contributed by atoms with Crippen molar-refractivity contribution in [1.82, 2.24) is 16.0 Å². The van der Waals surface area contributed by atoms with Gasteiger partial charge in [-0.2, -0.15) is 0 Å². The highest BCUT2D eigenvalue weighted by atomic mass is 32.2. The highest BCUT2D eigenvalue weighted by molar-refractivity contribution is 7.99. The number of hydrogen-bond acceptors (Lipinski definition) is 3. The molecule has 0 aliphatic rings.